The van der Waals surface area contributed by atoms with Crippen LogP contribution in [-0.2, 0) is 18.4 Å². The van der Waals surface area contributed by atoms with Crippen molar-refractivity contribution in [1.82, 2.24) is 14.8 Å². The van der Waals surface area contributed by atoms with Crippen LogP contribution < -0.4 is 4.90 Å². The van der Waals surface area contributed by atoms with E-state index in [1.165, 1.54) is 0 Å². The molecule has 0 aliphatic carbocycles. The van der Waals surface area contributed by atoms with E-state index >= 15 is 0 Å². The zero-order chi connectivity index (χ0) is 16.3. The summed E-state index contributed by atoms with van der Waals surface area (Å²) < 4.78 is 1.88. The van der Waals surface area contributed by atoms with Crippen LogP contribution in [0.5, 0.6) is 0 Å². The highest BCUT2D eigenvalue weighted by Gasteiger charge is 2.25. The fourth-order valence-electron chi connectivity index (χ4n) is 2.22. The van der Waals surface area contributed by atoms with Gasteiger partial charge in [0.05, 0.1) is 6.54 Å². The van der Waals surface area contributed by atoms with Crippen LogP contribution in [0.15, 0.2) is 24.3 Å². The van der Waals surface area contributed by atoms with Gasteiger partial charge in [-0.15, -0.1) is 21.8 Å². The molecule has 5 nitrogen and oxygen atoms in total. The lowest BCUT2D eigenvalue weighted by atomic mass is 10.1. The number of amides is 1. The number of alkyl halides is 1. The SMILES string of the molecule is CCC(Cl)C(=O)N(Cc1nnc(C)n1C)c1ccccc1C. The maximum absolute atomic E-state index is 12.7. The Morgan fingerprint density at radius 3 is 2.55 bits per heavy atom. The summed E-state index contributed by atoms with van der Waals surface area (Å²) in [6, 6.07) is 7.77. The van der Waals surface area contributed by atoms with E-state index in [0.29, 0.717) is 13.0 Å². The lowest BCUT2D eigenvalue weighted by Crippen LogP contribution is -2.37. The number of para-hydroxylation sites is 1. The number of hydrogen-bond acceptors (Lipinski definition) is 3. The summed E-state index contributed by atoms with van der Waals surface area (Å²) in [5.74, 6) is 1.43. The van der Waals surface area contributed by atoms with Crippen molar-refractivity contribution in [1.29, 1.82) is 0 Å². The van der Waals surface area contributed by atoms with Gasteiger partial charge < -0.3 is 9.47 Å². The summed E-state index contributed by atoms with van der Waals surface area (Å²) in [5, 5.41) is 7.66. The molecule has 0 saturated heterocycles. The van der Waals surface area contributed by atoms with Gasteiger partial charge in [-0.2, -0.15) is 0 Å². The zero-order valence-corrected chi connectivity index (χ0v) is 14.1. The lowest BCUT2D eigenvalue weighted by molar-refractivity contribution is -0.118. The molecule has 1 aromatic carbocycles. The summed E-state index contributed by atoms with van der Waals surface area (Å²) in [4.78, 5) is 14.4. The molecule has 0 saturated carbocycles. The third kappa shape index (κ3) is 3.30. The molecule has 118 valence electrons. The second kappa shape index (κ2) is 6.92. The predicted molar refractivity (Wildman–Crippen MR) is 88.0 cm³/mol. The van der Waals surface area contributed by atoms with Gasteiger partial charge in [-0.25, -0.2) is 0 Å². The van der Waals surface area contributed by atoms with Gasteiger partial charge in [0.25, 0.3) is 0 Å². The van der Waals surface area contributed by atoms with Crippen LogP contribution in [0.25, 0.3) is 0 Å². The van der Waals surface area contributed by atoms with Crippen molar-refractivity contribution >= 4 is 23.2 Å². The van der Waals surface area contributed by atoms with Gasteiger partial charge in [0.15, 0.2) is 5.82 Å². The summed E-state index contributed by atoms with van der Waals surface area (Å²) in [6.45, 7) is 6.11. The Bertz CT molecular complexity index is 668. The second-order valence-electron chi connectivity index (χ2n) is 5.31. The highest BCUT2D eigenvalue weighted by molar-refractivity contribution is 6.32. The molecule has 0 fully saturated rings. The van der Waals surface area contributed by atoms with Crippen molar-refractivity contribution in [2.45, 2.75) is 39.1 Å². The van der Waals surface area contributed by atoms with Crippen molar-refractivity contribution < 1.29 is 4.79 Å². The molecule has 0 bridgehead atoms. The van der Waals surface area contributed by atoms with Gasteiger partial charge in [0, 0.05) is 12.7 Å². The number of carbonyl (C=O) groups excluding carboxylic acids is 1. The molecular formula is C16H21ClN4O. The maximum atomic E-state index is 12.7. The van der Waals surface area contributed by atoms with Crippen molar-refractivity contribution in [2.24, 2.45) is 7.05 Å². The molecule has 0 aliphatic rings. The van der Waals surface area contributed by atoms with E-state index in [2.05, 4.69) is 10.2 Å². The van der Waals surface area contributed by atoms with Crippen LogP contribution in [0, 0.1) is 13.8 Å². The largest absolute Gasteiger partial charge is 0.317 e. The number of carbonyl (C=O) groups is 1. The van der Waals surface area contributed by atoms with Crippen molar-refractivity contribution in [3.05, 3.63) is 41.5 Å². The predicted octanol–water partition coefficient (Wildman–Crippen LogP) is 2.98. The Labute approximate surface area is 135 Å². The van der Waals surface area contributed by atoms with Crippen LogP contribution in [0.4, 0.5) is 5.69 Å². The Morgan fingerprint density at radius 1 is 1.32 bits per heavy atom. The molecule has 0 radical (unpaired) electrons. The van der Waals surface area contributed by atoms with Gasteiger partial charge in [0.2, 0.25) is 5.91 Å². The summed E-state index contributed by atoms with van der Waals surface area (Å²) in [5.41, 5.74) is 1.88. The van der Waals surface area contributed by atoms with Gasteiger partial charge in [-0.05, 0) is 31.9 Å². The Morgan fingerprint density at radius 2 is 2.00 bits per heavy atom. The first-order valence-electron chi connectivity index (χ1n) is 7.31. The fraction of sp³-hybridized carbons (Fsp3) is 0.438. The van der Waals surface area contributed by atoms with Crippen LogP contribution in [0.2, 0.25) is 0 Å². The molecule has 22 heavy (non-hydrogen) atoms. The minimum Gasteiger partial charge on any atom is -0.317 e. The molecule has 1 heterocycles. The van der Waals surface area contributed by atoms with E-state index in [1.54, 1.807) is 4.90 Å². The number of anilines is 1. The van der Waals surface area contributed by atoms with Crippen molar-refractivity contribution in [3.63, 3.8) is 0 Å². The maximum Gasteiger partial charge on any atom is 0.245 e. The van der Waals surface area contributed by atoms with Crippen LogP contribution >= 0.6 is 11.6 Å². The molecular weight excluding hydrogens is 300 g/mol. The smallest absolute Gasteiger partial charge is 0.245 e. The highest BCUT2D eigenvalue weighted by Crippen LogP contribution is 2.24. The third-order valence-corrected chi connectivity index (χ3v) is 4.28. The second-order valence-corrected chi connectivity index (χ2v) is 5.84. The highest BCUT2D eigenvalue weighted by atomic mass is 35.5. The number of nitrogens with zero attached hydrogens (tertiary/aromatic N) is 4. The molecule has 1 atom stereocenters. The molecule has 0 spiro atoms. The summed E-state index contributed by atoms with van der Waals surface area (Å²) in [7, 11) is 1.89. The molecule has 6 heteroatoms. The van der Waals surface area contributed by atoms with Gasteiger partial charge in [-0.3, -0.25) is 4.79 Å². The van der Waals surface area contributed by atoms with E-state index in [-0.39, 0.29) is 5.91 Å². The van der Waals surface area contributed by atoms with Gasteiger partial charge in [0.1, 0.15) is 11.2 Å². The number of benzene rings is 1. The minimum absolute atomic E-state index is 0.112. The molecule has 1 unspecified atom stereocenters. The topological polar surface area (TPSA) is 51.0 Å². The van der Waals surface area contributed by atoms with Gasteiger partial charge >= 0.3 is 0 Å². The van der Waals surface area contributed by atoms with E-state index in [1.807, 2.05) is 56.7 Å². The molecule has 0 aliphatic heterocycles. The molecule has 2 rings (SSSR count). The van der Waals surface area contributed by atoms with E-state index < -0.39 is 5.38 Å². The average Bonchev–Trinajstić information content (AvgIpc) is 2.83. The third-order valence-electron chi connectivity index (χ3n) is 3.78. The number of hydrogen-bond donors (Lipinski definition) is 0. The number of halogens is 1. The Balaban J connectivity index is 2.40. The monoisotopic (exact) mass is 320 g/mol. The quantitative estimate of drug-likeness (QED) is 0.796. The normalized spacial score (nSPS) is 12.2. The lowest BCUT2D eigenvalue weighted by Gasteiger charge is -2.26. The standard InChI is InChI=1S/C16H21ClN4O/c1-5-13(17)16(22)21(14-9-7-6-8-11(14)2)10-15-19-18-12(3)20(15)4/h6-9,13H,5,10H2,1-4H3. The molecule has 1 aromatic heterocycles. The zero-order valence-electron chi connectivity index (χ0n) is 13.4. The van der Waals surface area contributed by atoms with Crippen LogP contribution in [0.3, 0.4) is 0 Å². The van der Waals surface area contributed by atoms with Crippen LogP contribution in [-0.4, -0.2) is 26.0 Å². The Hall–Kier alpha value is -1.88. The van der Waals surface area contributed by atoms with E-state index in [4.69, 9.17) is 11.6 Å². The fourth-order valence-corrected chi connectivity index (χ4v) is 2.34. The number of rotatable bonds is 5. The molecule has 2 aromatic rings. The number of aromatic nitrogens is 3. The van der Waals surface area contributed by atoms with Crippen molar-refractivity contribution in [3.8, 4) is 0 Å². The first-order chi connectivity index (χ1) is 10.5. The number of aryl methyl sites for hydroxylation is 2. The minimum atomic E-state index is -0.547. The van der Waals surface area contributed by atoms with Crippen LogP contribution in [0.1, 0.15) is 30.6 Å². The molecule has 0 N–H and O–H groups in total. The first-order valence-corrected chi connectivity index (χ1v) is 7.75. The van der Waals surface area contributed by atoms with E-state index in [0.717, 1.165) is 22.9 Å². The Kier molecular flexibility index (Phi) is 5.19. The molecule has 1 amide bonds. The average molecular weight is 321 g/mol. The summed E-state index contributed by atoms with van der Waals surface area (Å²) in [6.07, 6.45) is 0.584. The first kappa shape index (κ1) is 16.5. The van der Waals surface area contributed by atoms with Gasteiger partial charge in [-0.1, -0.05) is 25.1 Å². The summed E-state index contributed by atoms with van der Waals surface area (Å²) >= 11 is 6.19. The van der Waals surface area contributed by atoms with E-state index in [9.17, 15) is 4.79 Å². The van der Waals surface area contributed by atoms with Crippen molar-refractivity contribution in [2.75, 3.05) is 4.90 Å².